The summed E-state index contributed by atoms with van der Waals surface area (Å²) in [5.41, 5.74) is 3.23. The van der Waals surface area contributed by atoms with Crippen LogP contribution in [-0.2, 0) is 16.1 Å². The molecule has 3 aromatic carbocycles. The summed E-state index contributed by atoms with van der Waals surface area (Å²) < 4.78 is 4.85. The van der Waals surface area contributed by atoms with Crippen LogP contribution in [0, 0.1) is 0 Å². The first kappa shape index (κ1) is 22.7. The van der Waals surface area contributed by atoms with Crippen molar-refractivity contribution in [2.45, 2.75) is 13.5 Å². The van der Waals surface area contributed by atoms with Gasteiger partial charge in [-0.1, -0.05) is 36.4 Å². The third kappa shape index (κ3) is 4.94. The van der Waals surface area contributed by atoms with Crippen LogP contribution >= 0.6 is 0 Å². The summed E-state index contributed by atoms with van der Waals surface area (Å²) >= 11 is 0. The fourth-order valence-corrected chi connectivity index (χ4v) is 3.61. The highest BCUT2D eigenvalue weighted by molar-refractivity contribution is 6.21. The van der Waals surface area contributed by atoms with Gasteiger partial charge in [0.25, 0.3) is 17.7 Å². The minimum atomic E-state index is -0.416. The molecule has 0 radical (unpaired) electrons. The SMILES string of the molecule is CCOC(=O)/C=C/c1ccc(NC(=O)c2cccc(CN3C(=O)c4ccccc4C3=O)c2)cc1. The number of benzene rings is 3. The van der Waals surface area contributed by atoms with Crippen molar-refractivity contribution in [3.05, 3.63) is 107 Å². The quantitative estimate of drug-likeness (QED) is 0.326. The maximum Gasteiger partial charge on any atom is 0.330 e. The Bertz CT molecular complexity index is 1260. The van der Waals surface area contributed by atoms with E-state index in [1.54, 1.807) is 85.8 Å². The molecule has 0 saturated heterocycles. The van der Waals surface area contributed by atoms with Gasteiger partial charge in [0.1, 0.15) is 0 Å². The highest BCUT2D eigenvalue weighted by atomic mass is 16.5. The van der Waals surface area contributed by atoms with Crippen molar-refractivity contribution in [3.63, 3.8) is 0 Å². The van der Waals surface area contributed by atoms with Gasteiger partial charge in [-0.25, -0.2) is 4.79 Å². The number of anilines is 1. The lowest BCUT2D eigenvalue weighted by Crippen LogP contribution is -2.29. The van der Waals surface area contributed by atoms with Crippen LogP contribution in [0.5, 0.6) is 0 Å². The van der Waals surface area contributed by atoms with Gasteiger partial charge in [0.15, 0.2) is 0 Å². The normalized spacial score (nSPS) is 12.7. The summed E-state index contributed by atoms with van der Waals surface area (Å²) in [5.74, 6) is -1.42. The summed E-state index contributed by atoms with van der Waals surface area (Å²) in [6, 6.07) is 20.5. The van der Waals surface area contributed by atoms with E-state index in [1.165, 1.54) is 11.0 Å². The van der Waals surface area contributed by atoms with Crippen LogP contribution < -0.4 is 5.32 Å². The van der Waals surface area contributed by atoms with Gasteiger partial charge in [-0.3, -0.25) is 19.3 Å². The molecule has 0 unspecified atom stereocenters. The molecule has 7 heteroatoms. The standard InChI is InChI=1S/C27H22N2O5/c1-2-34-24(30)15-12-18-10-13-21(14-11-18)28-25(31)20-7-5-6-19(16-20)17-29-26(32)22-8-3-4-9-23(22)27(29)33/h3-16H,2,17H2,1H3,(H,28,31)/b15-12+. The maximum atomic E-state index is 12.7. The zero-order valence-electron chi connectivity index (χ0n) is 18.5. The van der Waals surface area contributed by atoms with Crippen molar-refractivity contribution in [1.82, 2.24) is 4.90 Å². The number of hydrogen-bond donors (Lipinski definition) is 1. The average molecular weight is 454 g/mol. The summed E-state index contributed by atoms with van der Waals surface area (Å²) in [5, 5.41) is 2.82. The lowest BCUT2D eigenvalue weighted by Gasteiger charge is -2.14. The number of carbonyl (C=O) groups is 4. The molecule has 34 heavy (non-hydrogen) atoms. The van der Waals surface area contributed by atoms with E-state index in [0.717, 1.165) is 5.56 Å². The van der Waals surface area contributed by atoms with Gasteiger partial charge in [-0.2, -0.15) is 0 Å². The fourth-order valence-electron chi connectivity index (χ4n) is 3.61. The maximum absolute atomic E-state index is 12.7. The first-order valence-corrected chi connectivity index (χ1v) is 10.8. The van der Waals surface area contributed by atoms with E-state index in [1.807, 2.05) is 0 Å². The number of nitrogens with one attached hydrogen (secondary N) is 1. The van der Waals surface area contributed by atoms with Crippen LogP contribution in [-0.4, -0.2) is 35.2 Å². The second-order valence-electron chi connectivity index (χ2n) is 7.60. The Labute approximate surface area is 196 Å². The number of carbonyl (C=O) groups excluding carboxylic acids is 4. The molecule has 0 bridgehead atoms. The van der Waals surface area contributed by atoms with Crippen LogP contribution in [0.25, 0.3) is 6.08 Å². The molecule has 1 heterocycles. The number of imide groups is 1. The van der Waals surface area contributed by atoms with E-state index < -0.39 is 5.97 Å². The first-order chi connectivity index (χ1) is 16.5. The molecular formula is C27H22N2O5. The smallest absolute Gasteiger partial charge is 0.330 e. The van der Waals surface area contributed by atoms with Crippen LogP contribution in [0.15, 0.2) is 78.9 Å². The van der Waals surface area contributed by atoms with Gasteiger partial charge in [0, 0.05) is 17.3 Å². The van der Waals surface area contributed by atoms with Gasteiger partial charge < -0.3 is 10.1 Å². The fraction of sp³-hybridized carbons (Fsp3) is 0.111. The summed E-state index contributed by atoms with van der Waals surface area (Å²) in [6.45, 7) is 2.13. The first-order valence-electron chi connectivity index (χ1n) is 10.8. The lowest BCUT2D eigenvalue weighted by molar-refractivity contribution is -0.137. The molecule has 1 N–H and O–H groups in total. The van der Waals surface area contributed by atoms with Crippen LogP contribution in [0.1, 0.15) is 49.1 Å². The zero-order valence-corrected chi connectivity index (χ0v) is 18.5. The van der Waals surface area contributed by atoms with Crippen molar-refractivity contribution in [3.8, 4) is 0 Å². The molecule has 3 amide bonds. The van der Waals surface area contributed by atoms with Gasteiger partial charge in [-0.05, 0) is 60.5 Å². The molecule has 0 saturated carbocycles. The second-order valence-corrected chi connectivity index (χ2v) is 7.60. The van der Waals surface area contributed by atoms with Crippen LogP contribution in [0.3, 0.4) is 0 Å². The van der Waals surface area contributed by atoms with Crippen LogP contribution in [0.2, 0.25) is 0 Å². The zero-order chi connectivity index (χ0) is 24.1. The molecule has 170 valence electrons. The van der Waals surface area contributed by atoms with Gasteiger partial charge >= 0.3 is 5.97 Å². The monoisotopic (exact) mass is 454 g/mol. The average Bonchev–Trinajstić information content (AvgIpc) is 3.09. The molecule has 0 spiro atoms. The minimum absolute atomic E-state index is 0.0783. The van der Waals surface area contributed by atoms with E-state index >= 15 is 0 Å². The predicted octanol–water partition coefficient (Wildman–Crippen LogP) is 4.31. The Morgan fingerprint density at radius 2 is 1.59 bits per heavy atom. The van der Waals surface area contributed by atoms with E-state index in [4.69, 9.17) is 4.74 Å². The molecule has 4 rings (SSSR count). The number of fused-ring (bicyclic) bond motifs is 1. The highest BCUT2D eigenvalue weighted by Crippen LogP contribution is 2.24. The minimum Gasteiger partial charge on any atom is -0.463 e. The number of ether oxygens (including phenoxy) is 1. The third-order valence-corrected chi connectivity index (χ3v) is 5.28. The third-order valence-electron chi connectivity index (χ3n) is 5.28. The van der Waals surface area contributed by atoms with Crippen molar-refractivity contribution >= 4 is 35.5 Å². The number of amides is 3. The second kappa shape index (κ2) is 9.95. The molecule has 0 aromatic heterocycles. The lowest BCUT2D eigenvalue weighted by atomic mass is 10.1. The molecule has 1 aliphatic heterocycles. The Kier molecular flexibility index (Phi) is 6.64. The topological polar surface area (TPSA) is 92.8 Å². The van der Waals surface area contributed by atoms with Gasteiger partial charge in [0.2, 0.25) is 0 Å². The Morgan fingerprint density at radius 3 is 2.24 bits per heavy atom. The van der Waals surface area contributed by atoms with Crippen molar-refractivity contribution in [2.75, 3.05) is 11.9 Å². The number of esters is 1. The molecule has 7 nitrogen and oxygen atoms in total. The Balaban J connectivity index is 1.41. The van der Waals surface area contributed by atoms with Crippen LogP contribution in [0.4, 0.5) is 5.69 Å². The van der Waals surface area contributed by atoms with Crippen molar-refractivity contribution in [1.29, 1.82) is 0 Å². The number of rotatable bonds is 7. The molecule has 0 aliphatic carbocycles. The van der Waals surface area contributed by atoms with Gasteiger partial charge in [0.05, 0.1) is 24.3 Å². The van der Waals surface area contributed by atoms with Crippen molar-refractivity contribution in [2.24, 2.45) is 0 Å². The molecule has 0 atom stereocenters. The summed E-state index contributed by atoms with van der Waals surface area (Å²) in [6.07, 6.45) is 2.98. The number of hydrogen-bond acceptors (Lipinski definition) is 5. The van der Waals surface area contributed by atoms with Gasteiger partial charge in [-0.15, -0.1) is 0 Å². The Hall–Kier alpha value is -4.52. The highest BCUT2D eigenvalue weighted by Gasteiger charge is 2.34. The van der Waals surface area contributed by atoms with E-state index in [9.17, 15) is 19.2 Å². The summed E-state index contributed by atoms with van der Waals surface area (Å²) in [7, 11) is 0. The van der Waals surface area contributed by atoms with Crippen molar-refractivity contribution < 1.29 is 23.9 Å². The summed E-state index contributed by atoms with van der Waals surface area (Å²) in [4.78, 5) is 50.6. The number of nitrogens with zero attached hydrogens (tertiary/aromatic N) is 1. The molecule has 1 aliphatic rings. The van der Waals surface area contributed by atoms with E-state index in [-0.39, 0.29) is 24.3 Å². The van der Waals surface area contributed by atoms with E-state index in [0.29, 0.717) is 34.5 Å². The molecule has 3 aromatic rings. The predicted molar refractivity (Wildman–Crippen MR) is 127 cm³/mol. The molecular weight excluding hydrogens is 432 g/mol. The largest absolute Gasteiger partial charge is 0.463 e. The molecule has 0 fully saturated rings. The van der Waals surface area contributed by atoms with E-state index in [2.05, 4.69) is 5.32 Å². The Morgan fingerprint density at radius 1 is 0.912 bits per heavy atom.